The maximum Gasteiger partial charge on any atom is 0.305 e. The van der Waals surface area contributed by atoms with Gasteiger partial charge < -0.3 is 15.0 Å². The molecular weight excluding hydrogens is 418 g/mol. The van der Waals surface area contributed by atoms with Gasteiger partial charge in [0.1, 0.15) is 5.69 Å². The lowest BCUT2D eigenvalue weighted by Crippen LogP contribution is -2.16. The Morgan fingerprint density at radius 1 is 1.09 bits per heavy atom. The van der Waals surface area contributed by atoms with Crippen LogP contribution in [0.25, 0.3) is 11.0 Å². The highest BCUT2D eigenvalue weighted by Gasteiger charge is 2.23. The van der Waals surface area contributed by atoms with E-state index in [2.05, 4.69) is 15.4 Å². The van der Waals surface area contributed by atoms with Crippen molar-refractivity contribution in [2.24, 2.45) is 7.05 Å². The normalized spacial score (nSPS) is 12.6. The van der Waals surface area contributed by atoms with Gasteiger partial charge >= 0.3 is 5.97 Å². The van der Waals surface area contributed by atoms with Crippen molar-refractivity contribution in [1.82, 2.24) is 19.3 Å². The Bertz CT molecular complexity index is 1320. The van der Waals surface area contributed by atoms with E-state index in [1.165, 1.54) is 0 Å². The number of hydrogen-bond donors (Lipinski definition) is 2. The molecule has 8 nitrogen and oxygen atoms in total. The van der Waals surface area contributed by atoms with Gasteiger partial charge in [0.15, 0.2) is 0 Å². The molecule has 4 aromatic rings. The number of carboxylic acids is 1. The van der Waals surface area contributed by atoms with Gasteiger partial charge in [-0.3, -0.25) is 14.3 Å². The second-order valence-electron chi connectivity index (χ2n) is 9.12. The van der Waals surface area contributed by atoms with Crippen molar-refractivity contribution >= 4 is 28.6 Å². The van der Waals surface area contributed by atoms with Gasteiger partial charge in [0, 0.05) is 18.2 Å². The SMILES string of the molecule is Cn1nc(C(C)(C)C)cc1C(=O)Nc1ccc2c(c1)ncn2C(CC(=O)O)c1ccccc1. The summed E-state index contributed by atoms with van der Waals surface area (Å²) < 4.78 is 3.45. The molecule has 8 heteroatoms. The third-order valence-corrected chi connectivity index (χ3v) is 5.60. The van der Waals surface area contributed by atoms with Crippen LogP contribution in [0.3, 0.4) is 0 Å². The minimum absolute atomic E-state index is 0.0649. The molecule has 2 heterocycles. The van der Waals surface area contributed by atoms with Gasteiger partial charge in [-0.15, -0.1) is 0 Å². The van der Waals surface area contributed by atoms with E-state index in [0.29, 0.717) is 16.9 Å². The van der Waals surface area contributed by atoms with E-state index in [1.807, 2.05) is 61.7 Å². The van der Waals surface area contributed by atoms with E-state index in [-0.39, 0.29) is 23.8 Å². The van der Waals surface area contributed by atoms with Crippen molar-refractivity contribution in [3.8, 4) is 0 Å². The van der Waals surface area contributed by atoms with Crippen LogP contribution in [0.4, 0.5) is 5.69 Å². The molecule has 0 bridgehead atoms. The molecule has 4 rings (SSSR count). The molecule has 0 saturated heterocycles. The van der Waals surface area contributed by atoms with Crippen LogP contribution in [0.5, 0.6) is 0 Å². The van der Waals surface area contributed by atoms with Gasteiger partial charge in [-0.05, 0) is 29.8 Å². The fourth-order valence-corrected chi connectivity index (χ4v) is 3.82. The highest BCUT2D eigenvalue weighted by atomic mass is 16.4. The highest BCUT2D eigenvalue weighted by molar-refractivity contribution is 6.04. The maximum atomic E-state index is 12.9. The van der Waals surface area contributed by atoms with Crippen LogP contribution in [-0.4, -0.2) is 36.3 Å². The summed E-state index contributed by atoms with van der Waals surface area (Å²) in [5, 5.41) is 16.8. The van der Waals surface area contributed by atoms with Gasteiger partial charge in [-0.1, -0.05) is 51.1 Å². The molecule has 33 heavy (non-hydrogen) atoms. The zero-order valence-electron chi connectivity index (χ0n) is 19.1. The Labute approximate surface area is 191 Å². The molecule has 1 unspecified atom stereocenters. The third kappa shape index (κ3) is 4.64. The lowest BCUT2D eigenvalue weighted by molar-refractivity contribution is -0.137. The number of carbonyl (C=O) groups is 2. The summed E-state index contributed by atoms with van der Waals surface area (Å²) in [5.74, 6) is -1.15. The Balaban J connectivity index is 1.62. The Kier molecular flexibility index (Phi) is 5.76. The van der Waals surface area contributed by atoms with Crippen LogP contribution in [0.15, 0.2) is 60.9 Å². The van der Waals surface area contributed by atoms with Gasteiger partial charge in [-0.25, -0.2) is 4.98 Å². The fraction of sp³-hybridized carbons (Fsp3) is 0.280. The Hall–Kier alpha value is -3.94. The van der Waals surface area contributed by atoms with E-state index >= 15 is 0 Å². The van der Waals surface area contributed by atoms with E-state index in [9.17, 15) is 14.7 Å². The molecule has 0 radical (unpaired) electrons. The van der Waals surface area contributed by atoms with E-state index in [4.69, 9.17) is 0 Å². The number of benzene rings is 2. The number of aromatic nitrogens is 4. The molecule has 2 N–H and O–H groups in total. The first-order chi connectivity index (χ1) is 15.6. The number of carbonyl (C=O) groups excluding carboxylic acids is 1. The number of aliphatic carboxylic acids is 1. The second-order valence-corrected chi connectivity index (χ2v) is 9.12. The highest BCUT2D eigenvalue weighted by Crippen LogP contribution is 2.28. The second kappa shape index (κ2) is 8.54. The van der Waals surface area contributed by atoms with Crippen LogP contribution >= 0.6 is 0 Å². The van der Waals surface area contributed by atoms with Crippen molar-refractivity contribution in [3.05, 3.63) is 77.9 Å². The monoisotopic (exact) mass is 445 g/mol. The van der Waals surface area contributed by atoms with Crippen molar-refractivity contribution in [1.29, 1.82) is 0 Å². The predicted molar refractivity (Wildman–Crippen MR) is 126 cm³/mol. The summed E-state index contributed by atoms with van der Waals surface area (Å²) in [6.07, 6.45) is 1.58. The lowest BCUT2D eigenvalue weighted by atomic mass is 9.92. The van der Waals surface area contributed by atoms with Crippen molar-refractivity contribution in [2.75, 3.05) is 5.32 Å². The molecular formula is C25H27N5O3. The summed E-state index contributed by atoms with van der Waals surface area (Å²) in [6.45, 7) is 6.15. The average molecular weight is 446 g/mol. The standard InChI is InChI=1S/C25H27N5O3/c1-25(2,3)22-13-21(29(4)28-22)24(33)27-17-10-11-19-18(12-17)26-15-30(19)20(14-23(31)32)16-8-6-5-7-9-16/h5-13,15,20H,14H2,1-4H3,(H,27,33)(H,31,32). The fourth-order valence-electron chi connectivity index (χ4n) is 3.82. The Morgan fingerprint density at radius 3 is 2.45 bits per heavy atom. The van der Waals surface area contributed by atoms with Crippen LogP contribution in [-0.2, 0) is 17.3 Å². The third-order valence-electron chi connectivity index (χ3n) is 5.60. The molecule has 0 aliphatic carbocycles. The van der Waals surface area contributed by atoms with Gasteiger partial charge in [0.2, 0.25) is 0 Å². The first kappa shape index (κ1) is 22.3. The number of nitrogens with zero attached hydrogens (tertiary/aromatic N) is 4. The molecule has 0 saturated carbocycles. The molecule has 1 amide bonds. The van der Waals surface area contributed by atoms with E-state index in [1.54, 1.807) is 36.3 Å². The molecule has 0 spiro atoms. The summed E-state index contributed by atoms with van der Waals surface area (Å²) >= 11 is 0. The number of carboxylic acid groups (broad SMARTS) is 1. The number of anilines is 1. The van der Waals surface area contributed by atoms with Crippen molar-refractivity contribution in [2.45, 2.75) is 38.6 Å². The molecule has 0 fully saturated rings. The van der Waals surface area contributed by atoms with Crippen LogP contribution in [0.1, 0.15) is 55.0 Å². The zero-order valence-corrected chi connectivity index (χ0v) is 19.1. The number of imidazole rings is 1. The minimum atomic E-state index is -0.889. The van der Waals surface area contributed by atoms with Gasteiger partial charge in [-0.2, -0.15) is 5.10 Å². The van der Waals surface area contributed by atoms with Crippen molar-refractivity contribution < 1.29 is 14.7 Å². The first-order valence-electron chi connectivity index (χ1n) is 10.7. The summed E-state index contributed by atoms with van der Waals surface area (Å²) in [4.78, 5) is 28.9. The van der Waals surface area contributed by atoms with Crippen LogP contribution < -0.4 is 5.32 Å². The van der Waals surface area contributed by atoms with Crippen LogP contribution in [0, 0.1) is 0 Å². The molecule has 1 atom stereocenters. The summed E-state index contributed by atoms with van der Waals surface area (Å²) in [6, 6.07) is 16.3. The number of rotatable bonds is 6. The maximum absolute atomic E-state index is 12.9. The van der Waals surface area contributed by atoms with Gasteiger partial charge in [0.05, 0.1) is 35.5 Å². The van der Waals surface area contributed by atoms with E-state index in [0.717, 1.165) is 16.8 Å². The minimum Gasteiger partial charge on any atom is -0.481 e. The predicted octanol–water partition coefficient (Wildman–Crippen LogP) is 4.38. The van der Waals surface area contributed by atoms with Crippen molar-refractivity contribution in [3.63, 3.8) is 0 Å². The number of fused-ring (bicyclic) bond motifs is 1. The summed E-state index contributed by atoms with van der Waals surface area (Å²) in [7, 11) is 1.75. The number of nitrogens with one attached hydrogen (secondary N) is 1. The number of aryl methyl sites for hydroxylation is 1. The molecule has 0 aliphatic rings. The quantitative estimate of drug-likeness (QED) is 0.458. The largest absolute Gasteiger partial charge is 0.481 e. The van der Waals surface area contributed by atoms with Gasteiger partial charge in [0.25, 0.3) is 5.91 Å². The topological polar surface area (TPSA) is 102 Å². The number of amides is 1. The smallest absolute Gasteiger partial charge is 0.305 e. The Morgan fingerprint density at radius 2 is 1.82 bits per heavy atom. The van der Waals surface area contributed by atoms with Crippen LogP contribution in [0.2, 0.25) is 0 Å². The molecule has 170 valence electrons. The summed E-state index contributed by atoms with van der Waals surface area (Å²) in [5.41, 5.74) is 4.10. The number of hydrogen-bond acceptors (Lipinski definition) is 4. The lowest BCUT2D eigenvalue weighted by Gasteiger charge is -2.18. The van der Waals surface area contributed by atoms with E-state index < -0.39 is 5.97 Å². The molecule has 2 aromatic carbocycles. The zero-order chi connectivity index (χ0) is 23.8. The molecule has 0 aliphatic heterocycles. The molecule has 2 aromatic heterocycles. The first-order valence-corrected chi connectivity index (χ1v) is 10.7. The average Bonchev–Trinajstić information content (AvgIpc) is 3.36.